The number of imide groups is 1. The molecule has 0 radical (unpaired) electrons. The molecule has 36 heavy (non-hydrogen) atoms. The summed E-state index contributed by atoms with van der Waals surface area (Å²) in [5.41, 5.74) is 1.51. The van der Waals surface area contributed by atoms with Crippen molar-refractivity contribution in [2.45, 2.75) is 6.54 Å². The second-order valence-corrected chi connectivity index (χ2v) is 9.63. The van der Waals surface area contributed by atoms with Gasteiger partial charge >= 0.3 is 5.97 Å². The molecular formula is C25H17IN2O7S. The summed E-state index contributed by atoms with van der Waals surface area (Å²) in [6, 6.07) is 17.5. The number of non-ortho nitro benzene ring substituents is 1. The average molecular weight is 616 g/mol. The minimum absolute atomic E-state index is 0.00348. The van der Waals surface area contributed by atoms with Crippen LogP contribution in [-0.2, 0) is 11.3 Å². The molecule has 1 fully saturated rings. The molecule has 9 nitrogen and oxygen atoms in total. The van der Waals surface area contributed by atoms with Gasteiger partial charge in [0, 0.05) is 15.7 Å². The van der Waals surface area contributed by atoms with Gasteiger partial charge in [-0.2, -0.15) is 0 Å². The van der Waals surface area contributed by atoms with E-state index in [0.717, 1.165) is 20.2 Å². The number of nitrogens with zero attached hydrogens (tertiary/aromatic N) is 2. The second kappa shape index (κ2) is 10.9. The van der Waals surface area contributed by atoms with Crippen molar-refractivity contribution in [2.75, 3.05) is 7.11 Å². The predicted octanol–water partition coefficient (Wildman–Crippen LogP) is 5.66. The maximum Gasteiger partial charge on any atom is 0.344 e. The van der Waals surface area contributed by atoms with Crippen LogP contribution in [0.15, 0.2) is 71.6 Å². The molecule has 0 atom stereocenters. The number of halogens is 1. The molecular weight excluding hydrogens is 599 g/mol. The number of nitro groups is 1. The van der Waals surface area contributed by atoms with E-state index < -0.39 is 22.0 Å². The number of hydrogen-bond acceptors (Lipinski definition) is 8. The first-order valence-electron chi connectivity index (χ1n) is 10.4. The van der Waals surface area contributed by atoms with E-state index >= 15 is 0 Å². The van der Waals surface area contributed by atoms with Gasteiger partial charge in [-0.1, -0.05) is 30.3 Å². The molecule has 182 valence electrons. The van der Waals surface area contributed by atoms with Crippen molar-refractivity contribution in [2.24, 2.45) is 0 Å². The Labute approximate surface area is 223 Å². The van der Waals surface area contributed by atoms with Crippen molar-refractivity contribution in [1.29, 1.82) is 0 Å². The summed E-state index contributed by atoms with van der Waals surface area (Å²) >= 11 is 2.85. The summed E-state index contributed by atoms with van der Waals surface area (Å²) < 4.78 is 11.6. The molecule has 0 N–H and O–H groups in total. The smallest absolute Gasteiger partial charge is 0.344 e. The zero-order valence-electron chi connectivity index (χ0n) is 18.7. The van der Waals surface area contributed by atoms with Crippen LogP contribution in [0.25, 0.3) is 6.08 Å². The summed E-state index contributed by atoms with van der Waals surface area (Å²) in [5.74, 6) is -0.506. The molecule has 1 saturated heterocycles. The Morgan fingerprint density at radius 2 is 1.81 bits per heavy atom. The lowest BCUT2D eigenvalue weighted by Crippen LogP contribution is -2.27. The van der Waals surface area contributed by atoms with Crippen LogP contribution in [0.1, 0.15) is 21.5 Å². The van der Waals surface area contributed by atoms with Crippen molar-refractivity contribution >= 4 is 63.2 Å². The first-order chi connectivity index (χ1) is 17.3. The fourth-order valence-corrected chi connectivity index (χ4v) is 4.78. The summed E-state index contributed by atoms with van der Waals surface area (Å²) in [6.45, 7) is -0.00348. The lowest BCUT2D eigenvalue weighted by atomic mass is 10.1. The van der Waals surface area contributed by atoms with Gasteiger partial charge in [-0.3, -0.25) is 24.6 Å². The molecule has 3 aromatic carbocycles. The molecule has 1 aliphatic rings. The number of nitro benzene ring substituents is 1. The Balaban J connectivity index is 1.50. The quantitative estimate of drug-likeness (QED) is 0.0834. The third kappa shape index (κ3) is 5.57. The topological polar surface area (TPSA) is 116 Å². The van der Waals surface area contributed by atoms with E-state index in [1.807, 2.05) is 6.07 Å². The van der Waals surface area contributed by atoms with E-state index in [1.54, 1.807) is 42.5 Å². The van der Waals surface area contributed by atoms with E-state index in [2.05, 4.69) is 22.6 Å². The van der Waals surface area contributed by atoms with Crippen molar-refractivity contribution in [3.8, 4) is 11.5 Å². The molecule has 1 aliphatic heterocycles. The third-order valence-electron chi connectivity index (χ3n) is 5.14. The Hall–Kier alpha value is -3.71. The van der Waals surface area contributed by atoms with Gasteiger partial charge in [0.1, 0.15) is 0 Å². The van der Waals surface area contributed by atoms with Crippen LogP contribution in [0.3, 0.4) is 0 Å². The average Bonchev–Trinajstić information content (AvgIpc) is 3.12. The van der Waals surface area contributed by atoms with Gasteiger partial charge in [0.25, 0.3) is 16.8 Å². The highest BCUT2D eigenvalue weighted by atomic mass is 127. The minimum Gasteiger partial charge on any atom is -0.493 e. The zero-order chi connectivity index (χ0) is 25.8. The lowest BCUT2D eigenvalue weighted by Gasteiger charge is -2.12. The number of hydrogen-bond donors (Lipinski definition) is 0. The lowest BCUT2D eigenvalue weighted by molar-refractivity contribution is -0.384. The van der Waals surface area contributed by atoms with Crippen molar-refractivity contribution in [3.05, 3.63) is 102 Å². The molecule has 0 spiro atoms. The van der Waals surface area contributed by atoms with Crippen LogP contribution in [0.2, 0.25) is 0 Å². The standard InChI is InChI=1S/C25H17IN2O7S/c1-34-21-12-16(8-11-20(21)35-24(30)18-4-2-3-5-19(18)26)13-22-23(29)27(25(31)36-22)14-15-6-9-17(10-7-15)28(32)33/h2-13H,14H2,1H3/b22-13-. The Kier molecular flexibility index (Phi) is 7.70. The number of ether oxygens (including phenoxy) is 2. The Bertz CT molecular complexity index is 1410. The van der Waals surface area contributed by atoms with Gasteiger partial charge in [0.2, 0.25) is 0 Å². The maximum absolute atomic E-state index is 12.9. The van der Waals surface area contributed by atoms with Crippen molar-refractivity contribution in [3.63, 3.8) is 0 Å². The van der Waals surface area contributed by atoms with E-state index in [1.165, 1.54) is 31.4 Å². The number of rotatable bonds is 7. The molecule has 0 aromatic heterocycles. The fraction of sp³-hybridized carbons (Fsp3) is 0.0800. The van der Waals surface area contributed by atoms with Crippen LogP contribution < -0.4 is 9.47 Å². The number of methoxy groups -OCH3 is 1. The summed E-state index contributed by atoms with van der Waals surface area (Å²) in [7, 11) is 1.43. The first-order valence-corrected chi connectivity index (χ1v) is 12.3. The SMILES string of the molecule is COc1cc(/C=C2\SC(=O)N(Cc3ccc([N+](=O)[O-])cc3)C2=O)ccc1OC(=O)c1ccccc1I. The van der Waals surface area contributed by atoms with Gasteiger partial charge in [-0.05, 0) is 75.8 Å². The first kappa shape index (κ1) is 25.4. The number of carbonyl (C=O) groups is 3. The zero-order valence-corrected chi connectivity index (χ0v) is 21.6. The molecule has 0 unspecified atom stereocenters. The second-order valence-electron chi connectivity index (χ2n) is 7.47. The monoisotopic (exact) mass is 616 g/mol. The fourth-order valence-electron chi connectivity index (χ4n) is 3.33. The summed E-state index contributed by atoms with van der Waals surface area (Å²) in [4.78, 5) is 49.5. The highest BCUT2D eigenvalue weighted by Gasteiger charge is 2.35. The normalized spacial score (nSPS) is 14.3. The van der Waals surface area contributed by atoms with Gasteiger partial charge < -0.3 is 9.47 Å². The minimum atomic E-state index is -0.529. The number of esters is 1. The molecule has 4 rings (SSSR count). The molecule has 0 saturated carbocycles. The number of amides is 2. The molecule has 3 aromatic rings. The number of benzene rings is 3. The summed E-state index contributed by atoms with van der Waals surface area (Å²) in [6.07, 6.45) is 1.55. The van der Waals surface area contributed by atoms with Gasteiger partial charge in [-0.25, -0.2) is 4.79 Å². The molecule has 1 heterocycles. The van der Waals surface area contributed by atoms with Gasteiger partial charge in [-0.15, -0.1) is 0 Å². The molecule has 2 amide bonds. The van der Waals surface area contributed by atoms with Crippen LogP contribution in [0.5, 0.6) is 11.5 Å². The van der Waals surface area contributed by atoms with E-state index in [9.17, 15) is 24.5 Å². The van der Waals surface area contributed by atoms with Crippen LogP contribution in [-0.4, -0.2) is 34.0 Å². The van der Waals surface area contributed by atoms with E-state index in [4.69, 9.17) is 9.47 Å². The molecule has 11 heteroatoms. The Morgan fingerprint density at radius 1 is 1.08 bits per heavy atom. The summed E-state index contributed by atoms with van der Waals surface area (Å²) in [5, 5.41) is 10.4. The van der Waals surface area contributed by atoms with E-state index in [-0.39, 0.29) is 28.6 Å². The van der Waals surface area contributed by atoms with Crippen LogP contribution >= 0.6 is 34.4 Å². The van der Waals surface area contributed by atoms with Crippen LogP contribution in [0.4, 0.5) is 10.5 Å². The Morgan fingerprint density at radius 3 is 2.47 bits per heavy atom. The number of carbonyl (C=O) groups excluding carboxylic acids is 3. The number of thioether (sulfide) groups is 1. The van der Waals surface area contributed by atoms with Crippen LogP contribution in [0, 0.1) is 13.7 Å². The molecule has 0 bridgehead atoms. The highest BCUT2D eigenvalue weighted by Crippen LogP contribution is 2.35. The third-order valence-corrected chi connectivity index (χ3v) is 6.99. The maximum atomic E-state index is 12.9. The largest absolute Gasteiger partial charge is 0.493 e. The van der Waals surface area contributed by atoms with Gasteiger partial charge in [0.05, 0.1) is 29.0 Å². The molecule has 0 aliphatic carbocycles. The van der Waals surface area contributed by atoms with Crippen molar-refractivity contribution < 1.29 is 28.8 Å². The van der Waals surface area contributed by atoms with E-state index in [0.29, 0.717) is 16.7 Å². The van der Waals surface area contributed by atoms with Gasteiger partial charge in [0.15, 0.2) is 11.5 Å². The van der Waals surface area contributed by atoms with Crippen molar-refractivity contribution in [1.82, 2.24) is 4.90 Å². The highest BCUT2D eigenvalue weighted by molar-refractivity contribution is 14.1. The predicted molar refractivity (Wildman–Crippen MR) is 142 cm³/mol.